The molecular weight excluding hydrogens is 626 g/mol. The lowest BCUT2D eigenvalue weighted by molar-refractivity contribution is -0.144. The third kappa shape index (κ3) is 7.08. The summed E-state index contributed by atoms with van der Waals surface area (Å²) in [6.07, 6.45) is -3.87. The minimum atomic E-state index is -4.81. The number of rotatable bonds is 9. The first-order valence-electron chi connectivity index (χ1n) is 15.0. The Morgan fingerprint density at radius 2 is 1.60 bits per heavy atom. The van der Waals surface area contributed by atoms with Gasteiger partial charge < -0.3 is 29.8 Å². The van der Waals surface area contributed by atoms with Gasteiger partial charge in [0, 0.05) is 17.6 Å². The Morgan fingerprint density at radius 1 is 0.979 bits per heavy atom. The normalized spacial score (nSPS) is 18.1. The van der Waals surface area contributed by atoms with Gasteiger partial charge in [-0.1, -0.05) is 42.5 Å². The van der Waals surface area contributed by atoms with Gasteiger partial charge in [0.15, 0.2) is 0 Å². The predicted octanol–water partition coefficient (Wildman–Crippen LogP) is 5.73. The number of carbonyl (C=O) groups is 2. The van der Waals surface area contributed by atoms with Crippen molar-refractivity contribution in [1.82, 2.24) is 5.32 Å². The summed E-state index contributed by atoms with van der Waals surface area (Å²) in [6.45, 7) is 8.06. The maximum absolute atomic E-state index is 15.1. The van der Waals surface area contributed by atoms with Crippen LogP contribution in [0.15, 0.2) is 54.6 Å². The summed E-state index contributed by atoms with van der Waals surface area (Å²) < 4.78 is 89.9. The molecule has 5 rings (SSSR count). The number of aliphatic carboxylic acids is 1. The van der Waals surface area contributed by atoms with Crippen LogP contribution in [0.5, 0.6) is 5.75 Å². The molecule has 2 atom stereocenters. The van der Waals surface area contributed by atoms with Crippen molar-refractivity contribution in [3.8, 4) is 5.75 Å². The summed E-state index contributed by atoms with van der Waals surface area (Å²) >= 11 is 0. The lowest BCUT2D eigenvalue weighted by atomic mass is 9.75. The van der Waals surface area contributed by atoms with E-state index < -0.39 is 71.3 Å². The van der Waals surface area contributed by atoms with Gasteiger partial charge in [-0.15, -0.1) is 0 Å². The standard InChI is InChI=1S/C33H34BF5N2O6/c1-31(2)32(3,4)47-34(46-31)22-13-12-19(21-11-8-14-45-27(21)22)15-25(30(43)44)41-29(42)26-23(35)16-20(17-24(26)36)40-28(33(37,38)39)18-9-6-5-7-10-18/h5-7,9-10,12-13,16-17,25,28,40H,8,11,14-15H2,1-4H3,(H,41,42)(H,43,44)/t25?,28-/m1/s1. The molecule has 0 radical (unpaired) electrons. The Morgan fingerprint density at radius 3 is 2.17 bits per heavy atom. The highest BCUT2D eigenvalue weighted by atomic mass is 19.4. The molecule has 250 valence electrons. The van der Waals surface area contributed by atoms with Crippen molar-refractivity contribution in [2.45, 2.75) is 76.4 Å². The smallest absolute Gasteiger partial charge is 0.494 e. The Balaban J connectivity index is 1.37. The molecule has 2 heterocycles. The third-order valence-corrected chi connectivity index (χ3v) is 8.78. The number of carboxylic acids is 1. The molecule has 3 N–H and O–H groups in total. The topological polar surface area (TPSA) is 106 Å². The second-order valence-corrected chi connectivity index (χ2v) is 12.6. The monoisotopic (exact) mass is 660 g/mol. The number of fused-ring (bicyclic) bond motifs is 1. The second kappa shape index (κ2) is 12.8. The minimum Gasteiger partial charge on any atom is -0.494 e. The zero-order valence-corrected chi connectivity index (χ0v) is 26.1. The van der Waals surface area contributed by atoms with Crippen LogP contribution >= 0.6 is 0 Å². The van der Waals surface area contributed by atoms with Gasteiger partial charge in [-0.05, 0) is 69.4 Å². The Kier molecular flexibility index (Phi) is 9.31. The first kappa shape index (κ1) is 34.2. The maximum Gasteiger partial charge on any atom is 0.498 e. The molecule has 2 aliphatic rings. The lowest BCUT2D eigenvalue weighted by Crippen LogP contribution is -2.43. The number of carboxylic acid groups (broad SMARTS) is 1. The maximum atomic E-state index is 15.1. The van der Waals surface area contributed by atoms with Crippen molar-refractivity contribution in [1.29, 1.82) is 0 Å². The Bertz CT molecular complexity index is 1630. The van der Waals surface area contributed by atoms with Gasteiger partial charge in [0.05, 0.1) is 17.8 Å². The molecule has 14 heteroatoms. The average molecular weight is 660 g/mol. The Hall–Kier alpha value is -4.17. The van der Waals surface area contributed by atoms with E-state index in [2.05, 4.69) is 10.6 Å². The quantitative estimate of drug-likeness (QED) is 0.199. The summed E-state index contributed by atoms with van der Waals surface area (Å²) in [4.78, 5) is 25.3. The summed E-state index contributed by atoms with van der Waals surface area (Å²) in [5.41, 5.74) is -1.24. The number of nitrogens with one attached hydrogen (secondary N) is 2. The van der Waals surface area contributed by atoms with Crippen molar-refractivity contribution < 1.29 is 50.7 Å². The average Bonchev–Trinajstić information content (AvgIpc) is 3.21. The molecule has 1 saturated heterocycles. The molecule has 0 spiro atoms. The van der Waals surface area contributed by atoms with Crippen LogP contribution in [0, 0.1) is 11.6 Å². The molecule has 1 unspecified atom stereocenters. The van der Waals surface area contributed by atoms with Crippen molar-refractivity contribution in [3.05, 3.63) is 88.5 Å². The minimum absolute atomic E-state index is 0.191. The largest absolute Gasteiger partial charge is 0.498 e. The van der Waals surface area contributed by atoms with Gasteiger partial charge in [0.25, 0.3) is 5.91 Å². The van der Waals surface area contributed by atoms with E-state index in [1.54, 1.807) is 12.1 Å². The third-order valence-electron chi connectivity index (χ3n) is 8.78. The van der Waals surface area contributed by atoms with Gasteiger partial charge >= 0.3 is 19.3 Å². The first-order valence-corrected chi connectivity index (χ1v) is 15.0. The van der Waals surface area contributed by atoms with E-state index in [-0.39, 0.29) is 12.0 Å². The van der Waals surface area contributed by atoms with Crippen LogP contribution in [-0.4, -0.2) is 54.1 Å². The molecule has 0 saturated carbocycles. The summed E-state index contributed by atoms with van der Waals surface area (Å²) in [6, 6.07) is 7.31. The molecule has 3 aromatic rings. The summed E-state index contributed by atoms with van der Waals surface area (Å²) in [5, 5.41) is 14.2. The number of halogens is 5. The van der Waals surface area contributed by atoms with Crippen molar-refractivity contribution in [2.75, 3.05) is 11.9 Å². The van der Waals surface area contributed by atoms with Crippen molar-refractivity contribution in [2.24, 2.45) is 0 Å². The van der Waals surface area contributed by atoms with Crippen LogP contribution in [0.2, 0.25) is 0 Å². The highest BCUT2D eigenvalue weighted by Gasteiger charge is 2.53. The van der Waals surface area contributed by atoms with Gasteiger partial charge in [-0.25, -0.2) is 13.6 Å². The highest BCUT2D eigenvalue weighted by Crippen LogP contribution is 2.39. The van der Waals surface area contributed by atoms with Crippen LogP contribution in [0.1, 0.15) is 67.2 Å². The molecule has 47 heavy (non-hydrogen) atoms. The fraction of sp³-hybridized carbons (Fsp3) is 0.394. The number of ether oxygens (including phenoxy) is 1. The Labute approximate surface area is 268 Å². The number of hydrogen-bond donors (Lipinski definition) is 3. The molecule has 3 aromatic carbocycles. The van der Waals surface area contributed by atoms with Crippen molar-refractivity contribution in [3.63, 3.8) is 0 Å². The van der Waals surface area contributed by atoms with Crippen molar-refractivity contribution >= 4 is 30.1 Å². The molecule has 0 bridgehead atoms. The fourth-order valence-electron chi connectivity index (χ4n) is 5.59. The van der Waals surface area contributed by atoms with E-state index in [1.165, 1.54) is 30.3 Å². The highest BCUT2D eigenvalue weighted by molar-refractivity contribution is 6.63. The van der Waals surface area contributed by atoms with Gasteiger partial charge in [-0.2, -0.15) is 13.2 Å². The van der Waals surface area contributed by atoms with E-state index in [4.69, 9.17) is 14.0 Å². The van der Waals surface area contributed by atoms with Gasteiger partial charge in [0.1, 0.15) is 35.0 Å². The number of amides is 1. The van der Waals surface area contributed by atoms with Crippen LogP contribution in [-0.2, 0) is 26.9 Å². The van der Waals surface area contributed by atoms with Crippen LogP contribution in [0.4, 0.5) is 27.6 Å². The molecule has 0 aliphatic carbocycles. The summed E-state index contributed by atoms with van der Waals surface area (Å²) in [5.74, 6) is -5.29. The SMILES string of the molecule is CC1(C)OB(c2ccc(CC(NC(=O)c3c(F)cc(N[C@H](c4ccccc4)C(F)(F)F)cc3F)C(=O)O)c3c2OCCC3)OC1(C)C. The second-order valence-electron chi connectivity index (χ2n) is 12.6. The van der Waals surface area contributed by atoms with E-state index in [0.29, 0.717) is 53.9 Å². The summed E-state index contributed by atoms with van der Waals surface area (Å²) in [7, 11) is -0.738. The molecule has 1 amide bonds. The van der Waals surface area contributed by atoms with Gasteiger partial charge in [-0.3, -0.25) is 4.79 Å². The molecule has 2 aliphatic heterocycles. The van der Waals surface area contributed by atoms with E-state index >= 15 is 8.78 Å². The fourth-order valence-corrected chi connectivity index (χ4v) is 5.59. The molecular formula is C33H34BF5N2O6. The zero-order valence-electron chi connectivity index (χ0n) is 26.1. The molecule has 8 nitrogen and oxygen atoms in total. The number of anilines is 1. The van der Waals surface area contributed by atoms with E-state index in [0.717, 1.165) is 0 Å². The lowest BCUT2D eigenvalue weighted by Gasteiger charge is -2.32. The molecule has 0 aromatic heterocycles. The number of hydrogen-bond acceptors (Lipinski definition) is 6. The first-order chi connectivity index (χ1) is 22.0. The van der Waals surface area contributed by atoms with E-state index in [9.17, 15) is 27.9 Å². The van der Waals surface area contributed by atoms with Crippen LogP contribution in [0.3, 0.4) is 0 Å². The predicted molar refractivity (Wildman–Crippen MR) is 164 cm³/mol. The van der Waals surface area contributed by atoms with Crippen LogP contribution < -0.4 is 20.8 Å². The van der Waals surface area contributed by atoms with E-state index in [1.807, 2.05) is 27.7 Å². The number of benzene rings is 3. The number of alkyl halides is 3. The van der Waals surface area contributed by atoms with Crippen LogP contribution in [0.25, 0.3) is 0 Å². The zero-order chi connectivity index (χ0) is 34.3. The molecule has 1 fully saturated rings. The number of carbonyl (C=O) groups excluding carboxylic acids is 1. The van der Waals surface area contributed by atoms with Gasteiger partial charge in [0.2, 0.25) is 0 Å².